The van der Waals surface area contributed by atoms with Gasteiger partial charge in [-0.1, -0.05) is 0 Å². The number of carbonyl (C=O) groups is 1. The lowest BCUT2D eigenvalue weighted by Gasteiger charge is -2.05. The molecular weight excluding hydrogens is 156 g/mol. The predicted molar refractivity (Wildman–Crippen MR) is 44.7 cm³/mol. The fourth-order valence-electron chi connectivity index (χ4n) is 0.889. The third-order valence-electron chi connectivity index (χ3n) is 1.60. The van der Waals surface area contributed by atoms with E-state index in [4.69, 9.17) is 5.73 Å². The van der Waals surface area contributed by atoms with Crippen LogP contribution >= 0.6 is 0 Å². The van der Waals surface area contributed by atoms with Crippen LogP contribution in [0, 0.1) is 0 Å². The van der Waals surface area contributed by atoms with Crippen LogP contribution in [-0.2, 0) is 4.79 Å². The van der Waals surface area contributed by atoms with Gasteiger partial charge in [0, 0.05) is 12.3 Å². The number of pyridine rings is 1. The van der Waals surface area contributed by atoms with E-state index in [0.29, 0.717) is 5.56 Å². The number of nitrogens with one attached hydrogen (secondary N) is 1. The molecule has 0 fully saturated rings. The molecule has 1 unspecified atom stereocenters. The molecule has 0 saturated carbocycles. The summed E-state index contributed by atoms with van der Waals surface area (Å²) >= 11 is 0. The molecule has 1 heterocycles. The second-order valence-electron chi connectivity index (χ2n) is 2.57. The van der Waals surface area contributed by atoms with Gasteiger partial charge in [-0.3, -0.25) is 9.59 Å². The summed E-state index contributed by atoms with van der Waals surface area (Å²) < 4.78 is 0. The maximum atomic E-state index is 10.8. The number of Topliss-reactive ketones (excluding diaryl/α,β-unsaturated/α-hetero) is 1. The average molecular weight is 166 g/mol. The van der Waals surface area contributed by atoms with Gasteiger partial charge < -0.3 is 10.7 Å². The molecule has 0 aliphatic rings. The van der Waals surface area contributed by atoms with Gasteiger partial charge in [0.15, 0.2) is 5.78 Å². The van der Waals surface area contributed by atoms with E-state index >= 15 is 0 Å². The molecule has 0 aliphatic carbocycles. The van der Waals surface area contributed by atoms with E-state index in [1.54, 1.807) is 6.07 Å². The molecule has 1 aromatic rings. The number of H-pyrrole nitrogens is 1. The van der Waals surface area contributed by atoms with Crippen molar-refractivity contribution >= 4 is 5.78 Å². The van der Waals surface area contributed by atoms with E-state index in [-0.39, 0.29) is 11.3 Å². The molecule has 0 saturated heterocycles. The highest BCUT2D eigenvalue weighted by molar-refractivity contribution is 5.82. The quantitative estimate of drug-likeness (QED) is 0.647. The van der Waals surface area contributed by atoms with Crippen LogP contribution < -0.4 is 11.3 Å². The normalized spacial score (nSPS) is 12.5. The Morgan fingerprint density at radius 3 is 2.83 bits per heavy atom. The minimum absolute atomic E-state index is 0.152. The van der Waals surface area contributed by atoms with E-state index in [1.165, 1.54) is 19.2 Å². The van der Waals surface area contributed by atoms with Gasteiger partial charge in [0.2, 0.25) is 5.56 Å². The molecule has 1 aromatic heterocycles. The molecule has 0 bridgehead atoms. The van der Waals surface area contributed by atoms with Gasteiger partial charge in [-0.2, -0.15) is 0 Å². The van der Waals surface area contributed by atoms with E-state index in [9.17, 15) is 9.59 Å². The summed E-state index contributed by atoms with van der Waals surface area (Å²) in [6.45, 7) is 1.39. The van der Waals surface area contributed by atoms with Crippen molar-refractivity contribution in [2.75, 3.05) is 0 Å². The van der Waals surface area contributed by atoms with Crippen LogP contribution in [0.5, 0.6) is 0 Å². The Labute approximate surface area is 69.4 Å². The maximum absolute atomic E-state index is 10.8. The van der Waals surface area contributed by atoms with Gasteiger partial charge in [0.1, 0.15) is 0 Å². The van der Waals surface area contributed by atoms with Crippen molar-refractivity contribution in [2.45, 2.75) is 13.0 Å². The smallest absolute Gasteiger partial charge is 0.248 e. The molecule has 3 N–H and O–H groups in total. The first kappa shape index (κ1) is 8.67. The van der Waals surface area contributed by atoms with Crippen molar-refractivity contribution in [3.05, 3.63) is 34.2 Å². The average Bonchev–Trinajstić information content (AvgIpc) is 2.03. The zero-order chi connectivity index (χ0) is 9.14. The first-order valence-electron chi connectivity index (χ1n) is 3.56. The van der Waals surface area contributed by atoms with Crippen LogP contribution in [0.1, 0.15) is 18.5 Å². The van der Waals surface area contributed by atoms with Crippen molar-refractivity contribution in [2.24, 2.45) is 5.73 Å². The number of nitrogens with two attached hydrogens (primary N) is 1. The third-order valence-corrected chi connectivity index (χ3v) is 1.60. The molecule has 0 radical (unpaired) electrons. The fraction of sp³-hybridized carbons (Fsp3) is 0.250. The largest absolute Gasteiger partial charge is 0.329 e. The topological polar surface area (TPSA) is 76.0 Å². The number of aromatic amines is 1. The number of hydrogen-bond donors (Lipinski definition) is 2. The van der Waals surface area contributed by atoms with E-state index in [2.05, 4.69) is 4.98 Å². The summed E-state index contributed by atoms with van der Waals surface area (Å²) in [7, 11) is 0. The van der Waals surface area contributed by atoms with Gasteiger partial charge in [-0.05, 0) is 18.6 Å². The standard InChI is InChI=1S/C8H10N2O2/c1-5(11)8(9)6-2-3-10-7(12)4-6/h2-4,8H,9H2,1H3,(H,10,12). The van der Waals surface area contributed by atoms with E-state index < -0.39 is 6.04 Å². The van der Waals surface area contributed by atoms with Crippen LogP contribution in [0.15, 0.2) is 23.1 Å². The molecule has 4 nitrogen and oxygen atoms in total. The van der Waals surface area contributed by atoms with Gasteiger partial charge in [0.25, 0.3) is 0 Å². The Morgan fingerprint density at radius 1 is 1.67 bits per heavy atom. The minimum atomic E-state index is -0.688. The highest BCUT2D eigenvalue weighted by atomic mass is 16.1. The molecule has 12 heavy (non-hydrogen) atoms. The van der Waals surface area contributed by atoms with Crippen LogP contribution in [0.25, 0.3) is 0 Å². The summed E-state index contributed by atoms with van der Waals surface area (Å²) in [5, 5.41) is 0. The third kappa shape index (κ3) is 1.79. The molecule has 0 spiro atoms. The first-order chi connectivity index (χ1) is 5.61. The van der Waals surface area contributed by atoms with Gasteiger partial charge in [-0.15, -0.1) is 0 Å². The molecular formula is C8H10N2O2. The highest BCUT2D eigenvalue weighted by Gasteiger charge is 2.10. The van der Waals surface area contributed by atoms with Crippen LogP contribution in [0.2, 0.25) is 0 Å². The second-order valence-corrected chi connectivity index (χ2v) is 2.57. The molecule has 0 aromatic carbocycles. The summed E-state index contributed by atoms with van der Waals surface area (Å²) in [6.07, 6.45) is 1.47. The number of ketones is 1. The molecule has 0 amide bonds. The Morgan fingerprint density at radius 2 is 2.33 bits per heavy atom. The monoisotopic (exact) mass is 166 g/mol. The van der Waals surface area contributed by atoms with Crippen LogP contribution in [0.3, 0.4) is 0 Å². The SMILES string of the molecule is CC(=O)C(N)c1cc[nH]c(=O)c1. The number of hydrogen-bond acceptors (Lipinski definition) is 3. The minimum Gasteiger partial charge on any atom is -0.329 e. The second kappa shape index (κ2) is 3.32. The number of carbonyl (C=O) groups excluding carboxylic acids is 1. The van der Waals surface area contributed by atoms with E-state index in [0.717, 1.165) is 0 Å². The number of rotatable bonds is 2. The molecule has 4 heteroatoms. The van der Waals surface area contributed by atoms with Gasteiger partial charge in [0.05, 0.1) is 6.04 Å². The lowest BCUT2D eigenvalue weighted by Crippen LogP contribution is -2.20. The maximum Gasteiger partial charge on any atom is 0.248 e. The van der Waals surface area contributed by atoms with Crippen molar-refractivity contribution in [3.63, 3.8) is 0 Å². The highest BCUT2D eigenvalue weighted by Crippen LogP contribution is 2.06. The summed E-state index contributed by atoms with van der Waals surface area (Å²) in [5.74, 6) is -0.152. The lowest BCUT2D eigenvalue weighted by molar-refractivity contribution is -0.118. The zero-order valence-electron chi connectivity index (χ0n) is 6.70. The summed E-state index contributed by atoms with van der Waals surface area (Å²) in [4.78, 5) is 24.1. The molecule has 1 atom stereocenters. The summed E-state index contributed by atoms with van der Waals surface area (Å²) in [5.41, 5.74) is 5.81. The first-order valence-corrected chi connectivity index (χ1v) is 3.56. The Hall–Kier alpha value is -1.42. The van der Waals surface area contributed by atoms with Crippen molar-refractivity contribution in [1.82, 2.24) is 4.98 Å². The van der Waals surface area contributed by atoms with Crippen molar-refractivity contribution in [3.8, 4) is 0 Å². The van der Waals surface area contributed by atoms with Gasteiger partial charge in [-0.25, -0.2) is 0 Å². The molecule has 64 valence electrons. The van der Waals surface area contributed by atoms with E-state index in [1.807, 2.05) is 0 Å². The Balaban J connectivity index is 3.03. The van der Waals surface area contributed by atoms with Crippen LogP contribution in [-0.4, -0.2) is 10.8 Å². The number of aromatic nitrogens is 1. The predicted octanol–water partition coefficient (Wildman–Crippen LogP) is -0.0363. The van der Waals surface area contributed by atoms with Crippen molar-refractivity contribution in [1.29, 1.82) is 0 Å². The fourth-order valence-corrected chi connectivity index (χ4v) is 0.889. The zero-order valence-corrected chi connectivity index (χ0v) is 6.70. The van der Waals surface area contributed by atoms with Crippen LogP contribution in [0.4, 0.5) is 0 Å². The Bertz CT molecular complexity index is 343. The molecule has 0 aliphatic heterocycles. The molecule has 1 rings (SSSR count). The van der Waals surface area contributed by atoms with Gasteiger partial charge >= 0.3 is 0 Å². The summed E-state index contributed by atoms with van der Waals surface area (Å²) in [6, 6.07) is 2.26. The Kier molecular flexibility index (Phi) is 2.40. The van der Waals surface area contributed by atoms with Crippen molar-refractivity contribution < 1.29 is 4.79 Å². The lowest BCUT2D eigenvalue weighted by atomic mass is 10.1.